The summed E-state index contributed by atoms with van der Waals surface area (Å²) >= 11 is 1.31. The van der Waals surface area contributed by atoms with Gasteiger partial charge in [-0.15, -0.1) is 11.3 Å². The molecule has 0 spiro atoms. The molecule has 2 amide bonds. The van der Waals surface area contributed by atoms with Crippen LogP contribution in [0.1, 0.15) is 23.0 Å². The number of nitrogens with one attached hydrogen (secondary N) is 2. The van der Waals surface area contributed by atoms with Crippen LogP contribution in [-0.4, -0.2) is 47.6 Å². The van der Waals surface area contributed by atoms with E-state index in [9.17, 15) is 14.7 Å². The second-order valence-corrected chi connectivity index (χ2v) is 6.00. The molecule has 2 rings (SSSR count). The molecule has 7 heteroatoms. The van der Waals surface area contributed by atoms with Crippen molar-refractivity contribution in [3.8, 4) is 0 Å². The van der Waals surface area contributed by atoms with Crippen molar-refractivity contribution in [1.29, 1.82) is 0 Å². The Morgan fingerprint density at radius 1 is 1.50 bits per heavy atom. The smallest absolute Gasteiger partial charge is 0.279 e. The second-order valence-electron chi connectivity index (χ2n) is 5.05. The van der Waals surface area contributed by atoms with Gasteiger partial charge >= 0.3 is 0 Å². The van der Waals surface area contributed by atoms with E-state index in [4.69, 9.17) is 0 Å². The number of carbonyl (C=O) groups excluding carboxylic acids is 2. The van der Waals surface area contributed by atoms with Gasteiger partial charge in [-0.2, -0.15) is 0 Å². The Hall–Kier alpha value is -1.44. The summed E-state index contributed by atoms with van der Waals surface area (Å²) in [5.74, 6) is -0.329. The standard InChI is InChI=1S/C13H19N3O3S/c1-9-4-5-16(7-10(9)17)8-12(18)14-15-13(19)11-3-2-6-20-11/h2-3,6,9-10,17H,4-5,7-8H2,1H3,(H,14,18)(H,15,19). The van der Waals surface area contributed by atoms with Crippen LogP contribution >= 0.6 is 11.3 Å². The van der Waals surface area contributed by atoms with E-state index < -0.39 is 6.10 Å². The van der Waals surface area contributed by atoms with Gasteiger partial charge in [0.25, 0.3) is 11.8 Å². The first-order chi connectivity index (χ1) is 9.56. The molecule has 110 valence electrons. The minimum Gasteiger partial charge on any atom is -0.392 e. The molecular weight excluding hydrogens is 278 g/mol. The number of piperidine rings is 1. The SMILES string of the molecule is CC1CCN(CC(=O)NNC(=O)c2cccs2)CC1O. The normalized spacial score (nSPS) is 23.3. The highest BCUT2D eigenvalue weighted by Gasteiger charge is 2.25. The molecular formula is C13H19N3O3S. The Morgan fingerprint density at radius 3 is 2.95 bits per heavy atom. The average molecular weight is 297 g/mol. The van der Waals surface area contributed by atoms with Crippen molar-refractivity contribution >= 4 is 23.2 Å². The lowest BCUT2D eigenvalue weighted by Gasteiger charge is -2.33. The van der Waals surface area contributed by atoms with E-state index in [1.54, 1.807) is 17.5 Å². The summed E-state index contributed by atoms with van der Waals surface area (Å²) in [5, 5.41) is 11.6. The van der Waals surface area contributed by atoms with Gasteiger partial charge in [0, 0.05) is 6.54 Å². The molecule has 1 fully saturated rings. The van der Waals surface area contributed by atoms with Crippen molar-refractivity contribution in [3.05, 3.63) is 22.4 Å². The number of hydrogen-bond acceptors (Lipinski definition) is 5. The number of likely N-dealkylation sites (tertiary alicyclic amines) is 1. The average Bonchev–Trinajstić information content (AvgIpc) is 2.94. The zero-order valence-corrected chi connectivity index (χ0v) is 12.2. The van der Waals surface area contributed by atoms with Crippen LogP contribution in [0.2, 0.25) is 0 Å². The number of nitrogens with zero attached hydrogens (tertiary/aromatic N) is 1. The van der Waals surface area contributed by atoms with Gasteiger partial charge < -0.3 is 5.11 Å². The maximum absolute atomic E-state index is 11.7. The van der Waals surface area contributed by atoms with Crippen LogP contribution in [0, 0.1) is 5.92 Å². The highest BCUT2D eigenvalue weighted by atomic mass is 32.1. The molecule has 1 aliphatic heterocycles. The molecule has 0 aromatic carbocycles. The highest BCUT2D eigenvalue weighted by Crippen LogP contribution is 2.16. The Kier molecular flexibility index (Phi) is 5.11. The van der Waals surface area contributed by atoms with E-state index in [1.807, 2.05) is 11.8 Å². The summed E-state index contributed by atoms with van der Waals surface area (Å²) in [7, 11) is 0. The van der Waals surface area contributed by atoms with Crippen molar-refractivity contribution in [2.45, 2.75) is 19.4 Å². The number of hydrazine groups is 1. The van der Waals surface area contributed by atoms with E-state index in [0.29, 0.717) is 11.4 Å². The van der Waals surface area contributed by atoms with Crippen molar-refractivity contribution < 1.29 is 14.7 Å². The molecule has 1 saturated heterocycles. The summed E-state index contributed by atoms with van der Waals surface area (Å²) in [6, 6.07) is 3.46. The quantitative estimate of drug-likeness (QED) is 0.697. The first-order valence-corrected chi connectivity index (χ1v) is 7.47. The summed E-state index contributed by atoms with van der Waals surface area (Å²) in [6.07, 6.45) is 0.480. The van der Waals surface area contributed by atoms with Gasteiger partial charge in [0.15, 0.2) is 0 Å². The fourth-order valence-corrected chi connectivity index (χ4v) is 2.72. The van der Waals surface area contributed by atoms with Crippen LogP contribution in [0.25, 0.3) is 0 Å². The number of amides is 2. The molecule has 0 aliphatic carbocycles. The van der Waals surface area contributed by atoms with Crippen LogP contribution in [0.15, 0.2) is 17.5 Å². The van der Waals surface area contributed by atoms with E-state index in [-0.39, 0.29) is 24.3 Å². The molecule has 2 heterocycles. The lowest BCUT2D eigenvalue weighted by Crippen LogP contribution is -2.50. The summed E-state index contributed by atoms with van der Waals surface area (Å²) in [4.78, 5) is 25.8. The number of carbonyl (C=O) groups is 2. The molecule has 3 N–H and O–H groups in total. The third-order valence-corrected chi connectivity index (χ3v) is 4.30. The largest absolute Gasteiger partial charge is 0.392 e. The van der Waals surface area contributed by atoms with Gasteiger partial charge in [0.05, 0.1) is 17.5 Å². The highest BCUT2D eigenvalue weighted by molar-refractivity contribution is 7.12. The predicted molar refractivity (Wildman–Crippen MR) is 76.2 cm³/mol. The number of thiophene rings is 1. The molecule has 2 atom stereocenters. The Morgan fingerprint density at radius 2 is 2.30 bits per heavy atom. The van der Waals surface area contributed by atoms with Crippen LogP contribution in [0.5, 0.6) is 0 Å². The van der Waals surface area contributed by atoms with Gasteiger partial charge in [-0.3, -0.25) is 25.3 Å². The molecule has 0 bridgehead atoms. The van der Waals surface area contributed by atoms with Gasteiger partial charge in [0.2, 0.25) is 0 Å². The van der Waals surface area contributed by atoms with Gasteiger partial charge in [0.1, 0.15) is 0 Å². The summed E-state index contributed by atoms with van der Waals surface area (Å²) in [5.41, 5.74) is 4.77. The second kappa shape index (κ2) is 6.83. The zero-order chi connectivity index (χ0) is 14.5. The lowest BCUT2D eigenvalue weighted by molar-refractivity contribution is -0.124. The maximum atomic E-state index is 11.7. The lowest BCUT2D eigenvalue weighted by atomic mass is 9.96. The fraction of sp³-hybridized carbons (Fsp3) is 0.538. The van der Waals surface area contributed by atoms with Crippen LogP contribution in [-0.2, 0) is 4.79 Å². The Balaban J connectivity index is 1.72. The number of aliphatic hydroxyl groups excluding tert-OH is 1. The first kappa shape index (κ1) is 15.0. The predicted octanol–water partition coefficient (Wildman–Crippen LogP) is 0.212. The molecule has 2 unspecified atom stereocenters. The Bertz CT molecular complexity index is 463. The molecule has 0 saturated carbocycles. The van der Waals surface area contributed by atoms with Gasteiger partial charge in [-0.05, 0) is 30.3 Å². The number of hydrogen-bond donors (Lipinski definition) is 3. The van der Waals surface area contributed by atoms with E-state index >= 15 is 0 Å². The van der Waals surface area contributed by atoms with Crippen molar-refractivity contribution in [2.75, 3.05) is 19.6 Å². The topological polar surface area (TPSA) is 81.7 Å². The van der Waals surface area contributed by atoms with Crippen molar-refractivity contribution in [3.63, 3.8) is 0 Å². The van der Waals surface area contributed by atoms with E-state index in [0.717, 1.165) is 13.0 Å². The van der Waals surface area contributed by atoms with E-state index in [1.165, 1.54) is 11.3 Å². The van der Waals surface area contributed by atoms with Crippen molar-refractivity contribution in [2.24, 2.45) is 5.92 Å². The number of rotatable bonds is 3. The maximum Gasteiger partial charge on any atom is 0.279 e. The molecule has 1 aromatic rings. The molecule has 6 nitrogen and oxygen atoms in total. The van der Waals surface area contributed by atoms with Crippen LogP contribution in [0.3, 0.4) is 0 Å². The van der Waals surface area contributed by atoms with Crippen molar-refractivity contribution in [1.82, 2.24) is 15.8 Å². The first-order valence-electron chi connectivity index (χ1n) is 6.59. The molecule has 0 radical (unpaired) electrons. The van der Waals surface area contributed by atoms with Gasteiger partial charge in [-0.25, -0.2) is 0 Å². The zero-order valence-electron chi connectivity index (χ0n) is 11.3. The third-order valence-electron chi connectivity index (χ3n) is 3.43. The number of β-amino-alcohol motifs (C(OH)–C–C–N with tert-alkyl or cyclic N) is 1. The summed E-state index contributed by atoms with van der Waals surface area (Å²) < 4.78 is 0. The minimum absolute atomic E-state index is 0.175. The van der Waals surface area contributed by atoms with Gasteiger partial charge in [-0.1, -0.05) is 13.0 Å². The monoisotopic (exact) mass is 297 g/mol. The molecule has 20 heavy (non-hydrogen) atoms. The van der Waals surface area contributed by atoms with E-state index in [2.05, 4.69) is 10.9 Å². The Labute approximate surface area is 121 Å². The molecule has 1 aliphatic rings. The summed E-state index contributed by atoms with van der Waals surface area (Å²) in [6.45, 7) is 3.45. The third kappa shape index (κ3) is 4.03. The minimum atomic E-state index is -0.391. The number of aliphatic hydroxyl groups is 1. The molecule has 1 aromatic heterocycles. The van der Waals surface area contributed by atoms with Crippen LogP contribution < -0.4 is 10.9 Å². The van der Waals surface area contributed by atoms with Crippen LogP contribution in [0.4, 0.5) is 0 Å². The fourth-order valence-electron chi connectivity index (χ4n) is 2.10.